The summed E-state index contributed by atoms with van der Waals surface area (Å²) in [7, 11) is -3.55. The second-order valence-corrected chi connectivity index (χ2v) is 6.06. The van der Waals surface area contributed by atoms with Gasteiger partial charge in [-0.25, -0.2) is 17.8 Å². The summed E-state index contributed by atoms with van der Waals surface area (Å²) in [6, 6.07) is 9.47. The van der Waals surface area contributed by atoms with Gasteiger partial charge in [0, 0.05) is 18.8 Å². The molecule has 106 valence electrons. The van der Waals surface area contributed by atoms with Gasteiger partial charge in [0.05, 0.1) is 11.4 Å². The van der Waals surface area contributed by atoms with E-state index in [4.69, 9.17) is 0 Å². The molecular formula is C13H15N3O3S. The van der Waals surface area contributed by atoms with Gasteiger partial charge < -0.3 is 0 Å². The molecule has 0 aliphatic rings. The van der Waals surface area contributed by atoms with Crippen LogP contribution in [-0.4, -0.2) is 24.7 Å². The van der Waals surface area contributed by atoms with E-state index in [9.17, 15) is 13.2 Å². The van der Waals surface area contributed by atoms with Crippen molar-refractivity contribution in [2.24, 2.45) is 0 Å². The van der Waals surface area contributed by atoms with Crippen molar-refractivity contribution >= 4 is 10.0 Å². The van der Waals surface area contributed by atoms with Crippen molar-refractivity contribution in [3.63, 3.8) is 0 Å². The number of hydrogen-bond acceptors (Lipinski definition) is 4. The van der Waals surface area contributed by atoms with Crippen LogP contribution in [0.15, 0.2) is 52.3 Å². The first-order chi connectivity index (χ1) is 9.49. The average molecular weight is 293 g/mol. The summed E-state index contributed by atoms with van der Waals surface area (Å²) in [4.78, 5) is 11.6. The summed E-state index contributed by atoms with van der Waals surface area (Å²) in [5.41, 5.74) is 0.728. The maximum atomic E-state index is 12.0. The smallest absolute Gasteiger partial charge is 0.266 e. The first-order valence-electron chi connectivity index (χ1n) is 6.07. The Labute approximate surface area is 117 Å². The molecule has 0 fully saturated rings. The van der Waals surface area contributed by atoms with E-state index in [0.717, 1.165) is 5.56 Å². The zero-order valence-electron chi connectivity index (χ0n) is 11.0. The molecule has 2 rings (SSSR count). The van der Waals surface area contributed by atoms with Gasteiger partial charge in [-0.3, -0.25) is 4.79 Å². The largest absolute Gasteiger partial charge is 0.268 e. The third-order valence-corrected chi connectivity index (χ3v) is 4.21. The maximum absolute atomic E-state index is 12.0. The predicted octanol–water partition coefficient (Wildman–Crippen LogP) is 0.530. The van der Waals surface area contributed by atoms with Crippen LogP contribution in [0.1, 0.15) is 5.56 Å². The Bertz CT molecular complexity index is 736. The van der Waals surface area contributed by atoms with Gasteiger partial charge in [0.25, 0.3) is 5.56 Å². The van der Waals surface area contributed by atoms with Gasteiger partial charge in [-0.05, 0) is 25.1 Å². The fraction of sp³-hybridized carbons (Fsp3) is 0.231. The van der Waals surface area contributed by atoms with Crippen LogP contribution in [-0.2, 0) is 16.6 Å². The quantitative estimate of drug-likeness (QED) is 0.872. The van der Waals surface area contributed by atoms with E-state index in [1.807, 2.05) is 6.92 Å². The first-order valence-corrected chi connectivity index (χ1v) is 7.56. The number of rotatable bonds is 5. The molecule has 0 atom stereocenters. The first kappa shape index (κ1) is 14.4. The Morgan fingerprint density at radius 2 is 1.90 bits per heavy atom. The van der Waals surface area contributed by atoms with Crippen molar-refractivity contribution in [1.29, 1.82) is 0 Å². The molecule has 0 saturated heterocycles. The Balaban J connectivity index is 2.02. The predicted molar refractivity (Wildman–Crippen MR) is 74.9 cm³/mol. The molecule has 0 aliphatic heterocycles. The number of benzene rings is 1. The van der Waals surface area contributed by atoms with E-state index in [1.165, 1.54) is 23.0 Å². The Morgan fingerprint density at radius 1 is 1.20 bits per heavy atom. The van der Waals surface area contributed by atoms with Crippen LogP contribution < -0.4 is 10.3 Å². The second-order valence-electron chi connectivity index (χ2n) is 4.30. The summed E-state index contributed by atoms with van der Waals surface area (Å²) in [6.45, 7) is 2.18. The van der Waals surface area contributed by atoms with Gasteiger partial charge in [0.2, 0.25) is 10.0 Å². The van der Waals surface area contributed by atoms with E-state index in [0.29, 0.717) is 0 Å². The molecule has 0 saturated carbocycles. The Hall–Kier alpha value is -1.99. The van der Waals surface area contributed by atoms with Gasteiger partial charge in [0.15, 0.2) is 0 Å². The number of aryl methyl sites for hydroxylation is 1. The summed E-state index contributed by atoms with van der Waals surface area (Å²) in [5, 5.41) is 3.85. The second kappa shape index (κ2) is 5.98. The van der Waals surface area contributed by atoms with Gasteiger partial charge >= 0.3 is 0 Å². The Kier molecular flexibility index (Phi) is 4.31. The van der Waals surface area contributed by atoms with Crippen molar-refractivity contribution in [2.45, 2.75) is 18.4 Å². The zero-order valence-corrected chi connectivity index (χ0v) is 11.8. The third-order valence-electron chi connectivity index (χ3n) is 2.73. The molecule has 1 heterocycles. The highest BCUT2D eigenvalue weighted by molar-refractivity contribution is 7.89. The van der Waals surface area contributed by atoms with Gasteiger partial charge in [-0.2, -0.15) is 5.10 Å². The monoisotopic (exact) mass is 293 g/mol. The van der Waals surface area contributed by atoms with E-state index in [-0.39, 0.29) is 23.5 Å². The molecule has 0 unspecified atom stereocenters. The lowest BCUT2D eigenvalue weighted by molar-refractivity contribution is 0.547. The molecular weight excluding hydrogens is 278 g/mol. The molecule has 6 nitrogen and oxygen atoms in total. The van der Waals surface area contributed by atoms with E-state index in [2.05, 4.69) is 9.82 Å². The highest BCUT2D eigenvalue weighted by Gasteiger charge is 2.12. The molecule has 1 N–H and O–H groups in total. The molecule has 0 bridgehead atoms. The molecule has 7 heteroatoms. The summed E-state index contributed by atoms with van der Waals surface area (Å²) in [6.07, 6.45) is 1.48. The molecule has 2 aromatic rings. The normalized spacial score (nSPS) is 11.4. The maximum Gasteiger partial charge on any atom is 0.266 e. The molecule has 0 radical (unpaired) electrons. The summed E-state index contributed by atoms with van der Waals surface area (Å²) < 4.78 is 27.6. The van der Waals surface area contributed by atoms with Crippen molar-refractivity contribution in [3.05, 3.63) is 58.5 Å². The van der Waals surface area contributed by atoms with Crippen LogP contribution in [0, 0.1) is 6.92 Å². The fourth-order valence-corrected chi connectivity index (χ4v) is 2.66. The molecule has 1 aromatic carbocycles. The van der Waals surface area contributed by atoms with Crippen LogP contribution in [0.2, 0.25) is 0 Å². The topological polar surface area (TPSA) is 81.1 Å². The molecule has 20 heavy (non-hydrogen) atoms. The highest BCUT2D eigenvalue weighted by atomic mass is 32.2. The minimum absolute atomic E-state index is 0.104. The lowest BCUT2D eigenvalue weighted by Crippen LogP contribution is -2.31. The SMILES string of the molecule is Cc1ccc(S(=O)(=O)NCCn2ncccc2=O)cc1. The van der Waals surface area contributed by atoms with Gasteiger partial charge in [-0.15, -0.1) is 0 Å². The summed E-state index contributed by atoms with van der Waals surface area (Å²) in [5.74, 6) is 0. The van der Waals surface area contributed by atoms with Crippen LogP contribution in [0.3, 0.4) is 0 Å². The van der Waals surface area contributed by atoms with E-state index in [1.54, 1.807) is 24.3 Å². The number of aromatic nitrogens is 2. The van der Waals surface area contributed by atoms with E-state index >= 15 is 0 Å². The van der Waals surface area contributed by atoms with Crippen molar-refractivity contribution in [3.8, 4) is 0 Å². The number of nitrogens with one attached hydrogen (secondary N) is 1. The van der Waals surface area contributed by atoms with Crippen molar-refractivity contribution in [2.75, 3.05) is 6.54 Å². The third kappa shape index (κ3) is 3.52. The highest BCUT2D eigenvalue weighted by Crippen LogP contribution is 2.09. The molecule has 0 aliphatic carbocycles. The molecule has 1 aromatic heterocycles. The summed E-state index contributed by atoms with van der Waals surface area (Å²) >= 11 is 0. The van der Waals surface area contributed by atoms with Crippen LogP contribution >= 0.6 is 0 Å². The zero-order chi connectivity index (χ0) is 14.6. The molecule has 0 spiro atoms. The molecule has 0 amide bonds. The minimum atomic E-state index is -3.55. The Morgan fingerprint density at radius 3 is 2.55 bits per heavy atom. The van der Waals surface area contributed by atoms with Crippen LogP contribution in [0.25, 0.3) is 0 Å². The number of sulfonamides is 1. The number of hydrogen-bond donors (Lipinski definition) is 1. The van der Waals surface area contributed by atoms with Gasteiger partial charge in [0.1, 0.15) is 0 Å². The minimum Gasteiger partial charge on any atom is -0.268 e. The number of nitrogens with zero attached hydrogens (tertiary/aromatic N) is 2. The van der Waals surface area contributed by atoms with E-state index < -0.39 is 10.0 Å². The van der Waals surface area contributed by atoms with Gasteiger partial charge in [-0.1, -0.05) is 17.7 Å². The van der Waals surface area contributed by atoms with Crippen LogP contribution in [0.5, 0.6) is 0 Å². The van der Waals surface area contributed by atoms with Crippen molar-refractivity contribution in [1.82, 2.24) is 14.5 Å². The lowest BCUT2D eigenvalue weighted by Gasteiger charge is -2.07. The van der Waals surface area contributed by atoms with Crippen molar-refractivity contribution < 1.29 is 8.42 Å². The van der Waals surface area contributed by atoms with Crippen LogP contribution in [0.4, 0.5) is 0 Å². The lowest BCUT2D eigenvalue weighted by atomic mass is 10.2. The average Bonchev–Trinajstić information content (AvgIpc) is 2.41. The standard InChI is InChI=1S/C13H15N3O3S/c1-11-4-6-12(7-5-11)20(18,19)15-9-10-16-13(17)3-2-8-14-16/h2-8,15H,9-10H2,1H3. The fourth-order valence-electron chi connectivity index (χ4n) is 1.64.